The highest BCUT2D eigenvalue weighted by molar-refractivity contribution is 5.93. The highest BCUT2D eigenvalue weighted by atomic mass is 16.5. The van der Waals surface area contributed by atoms with Gasteiger partial charge in [-0.3, -0.25) is 4.79 Å². The lowest BCUT2D eigenvalue weighted by atomic mass is 10.2. The van der Waals surface area contributed by atoms with Crippen LogP contribution < -0.4 is 10.1 Å². The topological polar surface area (TPSA) is 82.4 Å². The van der Waals surface area contributed by atoms with Crippen molar-refractivity contribution in [1.29, 1.82) is 0 Å². The molecule has 0 aliphatic rings. The van der Waals surface area contributed by atoms with Gasteiger partial charge >= 0.3 is 5.97 Å². The van der Waals surface area contributed by atoms with Gasteiger partial charge in [0.2, 0.25) is 0 Å². The van der Waals surface area contributed by atoms with Crippen molar-refractivity contribution >= 4 is 17.6 Å². The molecular weight excluding hydrogens is 358 g/mol. The first-order valence-corrected chi connectivity index (χ1v) is 8.72. The van der Waals surface area contributed by atoms with Crippen LogP contribution in [0.4, 0.5) is 5.69 Å². The summed E-state index contributed by atoms with van der Waals surface area (Å²) >= 11 is 0. The number of aromatic nitrogens is 2. The molecule has 28 heavy (non-hydrogen) atoms. The molecule has 0 aliphatic carbocycles. The van der Waals surface area contributed by atoms with Gasteiger partial charge in [-0.15, -0.1) is 0 Å². The van der Waals surface area contributed by atoms with E-state index in [1.165, 1.54) is 7.11 Å². The number of carbonyl (C=O) groups excluding carboxylic acids is 2. The highest BCUT2D eigenvalue weighted by Crippen LogP contribution is 2.22. The van der Waals surface area contributed by atoms with Gasteiger partial charge in [0.05, 0.1) is 35.4 Å². The van der Waals surface area contributed by atoms with E-state index in [0.29, 0.717) is 17.0 Å². The number of carbonyl (C=O) groups is 2. The van der Waals surface area contributed by atoms with Crippen molar-refractivity contribution in [1.82, 2.24) is 9.78 Å². The number of nitrogens with one attached hydrogen (secondary N) is 1. The summed E-state index contributed by atoms with van der Waals surface area (Å²) in [6.07, 6.45) is 0. The summed E-state index contributed by atoms with van der Waals surface area (Å²) in [5, 5.41) is 7.36. The smallest absolute Gasteiger partial charge is 0.337 e. The monoisotopic (exact) mass is 379 g/mol. The van der Waals surface area contributed by atoms with Gasteiger partial charge in [-0.1, -0.05) is 18.2 Å². The van der Waals surface area contributed by atoms with Gasteiger partial charge in [-0.2, -0.15) is 5.10 Å². The Morgan fingerprint density at radius 3 is 2.36 bits per heavy atom. The Kier molecular flexibility index (Phi) is 5.74. The molecule has 1 N–H and O–H groups in total. The third kappa shape index (κ3) is 4.20. The Hall–Kier alpha value is -3.61. The second-order valence-electron chi connectivity index (χ2n) is 6.15. The number of hydrogen-bond acceptors (Lipinski definition) is 5. The lowest BCUT2D eigenvalue weighted by Gasteiger charge is -2.09. The lowest BCUT2D eigenvalue weighted by Crippen LogP contribution is -2.21. The van der Waals surface area contributed by atoms with Gasteiger partial charge in [0.15, 0.2) is 6.61 Å². The predicted octanol–water partition coefficient (Wildman–Crippen LogP) is 3.29. The number of methoxy groups -OCH3 is 1. The molecule has 3 rings (SSSR count). The summed E-state index contributed by atoms with van der Waals surface area (Å²) in [6, 6.07) is 16.1. The molecule has 0 saturated carbocycles. The van der Waals surface area contributed by atoms with E-state index in [2.05, 4.69) is 15.2 Å². The molecule has 144 valence electrons. The molecule has 0 saturated heterocycles. The summed E-state index contributed by atoms with van der Waals surface area (Å²) in [5.41, 5.74) is 3.56. The maximum atomic E-state index is 12.3. The number of rotatable bonds is 6. The zero-order valence-corrected chi connectivity index (χ0v) is 15.9. The Bertz CT molecular complexity index is 979. The zero-order chi connectivity index (χ0) is 20.1. The van der Waals surface area contributed by atoms with E-state index >= 15 is 0 Å². The van der Waals surface area contributed by atoms with Crippen LogP contribution in [0.1, 0.15) is 21.7 Å². The van der Waals surface area contributed by atoms with E-state index in [0.717, 1.165) is 17.1 Å². The van der Waals surface area contributed by atoms with Gasteiger partial charge in [0.25, 0.3) is 5.91 Å². The zero-order valence-electron chi connectivity index (χ0n) is 15.9. The molecule has 0 atom stereocenters. The van der Waals surface area contributed by atoms with E-state index in [1.54, 1.807) is 28.9 Å². The molecule has 0 radical (unpaired) electrons. The van der Waals surface area contributed by atoms with Crippen molar-refractivity contribution in [2.45, 2.75) is 13.8 Å². The Morgan fingerprint density at radius 2 is 1.71 bits per heavy atom. The van der Waals surface area contributed by atoms with Crippen LogP contribution in [0.15, 0.2) is 54.6 Å². The van der Waals surface area contributed by atoms with Crippen molar-refractivity contribution < 1.29 is 19.1 Å². The number of hydrogen-bond donors (Lipinski definition) is 1. The second kappa shape index (κ2) is 8.39. The molecule has 1 heterocycles. The predicted molar refractivity (Wildman–Crippen MR) is 105 cm³/mol. The lowest BCUT2D eigenvalue weighted by molar-refractivity contribution is -0.118. The summed E-state index contributed by atoms with van der Waals surface area (Å²) < 4.78 is 11.9. The first kappa shape index (κ1) is 19.2. The van der Waals surface area contributed by atoms with Crippen LogP contribution in [-0.2, 0) is 9.53 Å². The minimum Gasteiger partial charge on any atom is -0.484 e. The van der Waals surface area contributed by atoms with E-state index in [-0.39, 0.29) is 12.5 Å². The molecule has 2 aromatic carbocycles. The van der Waals surface area contributed by atoms with Crippen molar-refractivity contribution in [2.24, 2.45) is 0 Å². The normalized spacial score (nSPS) is 10.4. The van der Waals surface area contributed by atoms with E-state index in [4.69, 9.17) is 4.74 Å². The first-order valence-electron chi connectivity index (χ1n) is 8.72. The second-order valence-corrected chi connectivity index (χ2v) is 6.15. The van der Waals surface area contributed by atoms with Crippen molar-refractivity contribution in [3.8, 4) is 11.4 Å². The number of nitrogens with zero attached hydrogens (tertiary/aromatic N) is 2. The van der Waals surface area contributed by atoms with E-state index in [9.17, 15) is 9.59 Å². The summed E-state index contributed by atoms with van der Waals surface area (Å²) in [4.78, 5) is 23.7. The number of ether oxygens (including phenoxy) is 2. The fourth-order valence-corrected chi connectivity index (χ4v) is 2.77. The van der Waals surface area contributed by atoms with Gasteiger partial charge in [-0.05, 0) is 50.2 Å². The van der Waals surface area contributed by atoms with Crippen LogP contribution in [0.3, 0.4) is 0 Å². The molecular formula is C21H21N3O4. The summed E-state index contributed by atoms with van der Waals surface area (Å²) in [7, 11) is 1.32. The van der Waals surface area contributed by atoms with Crippen LogP contribution in [0.25, 0.3) is 5.69 Å². The minimum absolute atomic E-state index is 0.160. The van der Waals surface area contributed by atoms with Crippen molar-refractivity contribution in [3.63, 3.8) is 0 Å². The third-order valence-electron chi connectivity index (χ3n) is 4.20. The summed E-state index contributed by atoms with van der Waals surface area (Å²) in [5.74, 6) is -0.238. The van der Waals surface area contributed by atoms with Crippen LogP contribution in [0.2, 0.25) is 0 Å². The van der Waals surface area contributed by atoms with Crippen LogP contribution in [0, 0.1) is 13.8 Å². The van der Waals surface area contributed by atoms with Gasteiger partial charge < -0.3 is 14.8 Å². The Morgan fingerprint density at radius 1 is 1.04 bits per heavy atom. The molecule has 0 fully saturated rings. The molecule has 7 nitrogen and oxygen atoms in total. The Labute approximate surface area is 162 Å². The molecule has 1 amide bonds. The number of anilines is 1. The van der Waals surface area contributed by atoms with Gasteiger partial charge in [0.1, 0.15) is 5.75 Å². The number of aryl methyl sites for hydroxylation is 1. The number of amides is 1. The molecule has 7 heteroatoms. The highest BCUT2D eigenvalue weighted by Gasteiger charge is 2.15. The minimum atomic E-state index is -0.425. The maximum Gasteiger partial charge on any atom is 0.337 e. The van der Waals surface area contributed by atoms with E-state index in [1.807, 2.05) is 44.2 Å². The van der Waals surface area contributed by atoms with Crippen molar-refractivity contribution in [3.05, 3.63) is 71.5 Å². The number of para-hydroxylation sites is 1. The number of benzene rings is 2. The standard InChI is InChI=1S/C21H21N3O4/c1-14-20(15(2)24(23-14)17-7-5-4-6-8-17)22-19(25)13-28-18-11-9-16(10-12-18)21(26)27-3/h4-12H,13H2,1-3H3,(H,22,25). The van der Waals surface area contributed by atoms with Gasteiger partial charge in [-0.25, -0.2) is 9.48 Å². The number of esters is 1. The average Bonchev–Trinajstić information content (AvgIpc) is 3.01. The van der Waals surface area contributed by atoms with Gasteiger partial charge in [0, 0.05) is 0 Å². The average molecular weight is 379 g/mol. The fraction of sp³-hybridized carbons (Fsp3) is 0.190. The first-order chi connectivity index (χ1) is 13.5. The molecule has 1 aromatic heterocycles. The fourth-order valence-electron chi connectivity index (χ4n) is 2.77. The van der Waals surface area contributed by atoms with Crippen LogP contribution in [-0.4, -0.2) is 35.4 Å². The quantitative estimate of drug-likeness (QED) is 0.665. The summed E-state index contributed by atoms with van der Waals surface area (Å²) in [6.45, 7) is 3.58. The molecule has 3 aromatic rings. The molecule has 0 unspecified atom stereocenters. The largest absolute Gasteiger partial charge is 0.484 e. The van der Waals surface area contributed by atoms with E-state index < -0.39 is 5.97 Å². The Balaban J connectivity index is 1.64. The SMILES string of the molecule is COC(=O)c1ccc(OCC(=O)Nc2c(C)nn(-c3ccccc3)c2C)cc1. The molecule has 0 aliphatic heterocycles. The molecule has 0 bridgehead atoms. The van der Waals surface area contributed by atoms with Crippen LogP contribution in [0.5, 0.6) is 5.75 Å². The molecule has 0 spiro atoms. The van der Waals surface area contributed by atoms with Crippen molar-refractivity contribution in [2.75, 3.05) is 19.0 Å². The third-order valence-corrected chi connectivity index (χ3v) is 4.20. The van der Waals surface area contributed by atoms with Crippen LogP contribution >= 0.6 is 0 Å². The maximum absolute atomic E-state index is 12.3.